The number of hydrogen-bond donors (Lipinski definition) is 1. The lowest BCUT2D eigenvalue weighted by atomic mass is 10.2. The first-order valence-electron chi connectivity index (χ1n) is 9.21. The Morgan fingerprint density at radius 2 is 1.75 bits per heavy atom. The normalized spacial score (nSPS) is 14.2. The topological polar surface area (TPSA) is 44.3 Å². The third-order valence-corrected chi connectivity index (χ3v) is 5.12. The summed E-state index contributed by atoms with van der Waals surface area (Å²) >= 11 is 6.09. The number of aromatic nitrogens is 2. The Labute approximate surface area is 168 Å². The zero-order chi connectivity index (χ0) is 19.5. The minimum absolute atomic E-state index is 0.179. The van der Waals surface area contributed by atoms with Crippen molar-refractivity contribution in [3.05, 3.63) is 71.1 Å². The molecule has 0 atom stereocenters. The molecule has 3 aromatic rings. The number of anilines is 4. The number of nitrogens with zero attached hydrogens (tertiary/aromatic N) is 4. The van der Waals surface area contributed by atoms with E-state index in [9.17, 15) is 4.39 Å². The Hall–Kier alpha value is -2.86. The summed E-state index contributed by atoms with van der Waals surface area (Å²) in [4.78, 5) is 13.2. The van der Waals surface area contributed by atoms with Crippen molar-refractivity contribution in [2.24, 2.45) is 0 Å². The maximum Gasteiger partial charge on any atom is 0.229 e. The Kier molecular flexibility index (Phi) is 5.30. The van der Waals surface area contributed by atoms with Gasteiger partial charge in [-0.3, -0.25) is 0 Å². The molecule has 1 aromatic heterocycles. The van der Waals surface area contributed by atoms with Crippen LogP contribution in [0.2, 0.25) is 5.02 Å². The van der Waals surface area contributed by atoms with Crippen molar-refractivity contribution < 1.29 is 4.39 Å². The number of para-hydroxylation sites is 1. The number of piperazine rings is 1. The molecular weight excluding hydrogens is 377 g/mol. The molecule has 0 bridgehead atoms. The summed E-state index contributed by atoms with van der Waals surface area (Å²) in [5, 5.41) is 3.90. The summed E-state index contributed by atoms with van der Waals surface area (Å²) in [6.45, 7) is 5.01. The molecule has 144 valence electrons. The molecule has 1 aliphatic rings. The van der Waals surface area contributed by atoms with Gasteiger partial charge in [0.1, 0.15) is 11.6 Å². The molecule has 2 aromatic carbocycles. The van der Waals surface area contributed by atoms with Gasteiger partial charge in [-0.1, -0.05) is 29.8 Å². The fourth-order valence-electron chi connectivity index (χ4n) is 3.32. The molecule has 7 heteroatoms. The highest BCUT2D eigenvalue weighted by Gasteiger charge is 2.20. The van der Waals surface area contributed by atoms with Gasteiger partial charge in [-0.15, -0.1) is 0 Å². The van der Waals surface area contributed by atoms with Gasteiger partial charge in [0, 0.05) is 43.1 Å². The van der Waals surface area contributed by atoms with E-state index in [1.807, 2.05) is 43.3 Å². The molecule has 1 fully saturated rings. The average Bonchev–Trinajstić information content (AvgIpc) is 2.72. The van der Waals surface area contributed by atoms with Crippen LogP contribution < -0.4 is 15.1 Å². The minimum atomic E-state index is -0.179. The average molecular weight is 398 g/mol. The van der Waals surface area contributed by atoms with E-state index in [1.54, 1.807) is 12.3 Å². The van der Waals surface area contributed by atoms with E-state index in [2.05, 4.69) is 25.1 Å². The molecule has 0 saturated carbocycles. The van der Waals surface area contributed by atoms with Gasteiger partial charge in [0.05, 0.1) is 5.69 Å². The van der Waals surface area contributed by atoms with E-state index in [4.69, 9.17) is 11.6 Å². The summed E-state index contributed by atoms with van der Waals surface area (Å²) < 4.78 is 14.0. The largest absolute Gasteiger partial charge is 0.366 e. The monoisotopic (exact) mass is 397 g/mol. The molecule has 0 aliphatic carbocycles. The molecule has 0 amide bonds. The van der Waals surface area contributed by atoms with Crippen LogP contribution in [-0.4, -0.2) is 36.1 Å². The molecule has 0 spiro atoms. The van der Waals surface area contributed by atoms with Crippen molar-refractivity contribution in [1.82, 2.24) is 9.97 Å². The smallest absolute Gasteiger partial charge is 0.229 e. The standard InChI is InChI=1S/C21H21ClFN5/c1-15-6-7-16(22)14-18(15)25-21-24-9-8-20(26-21)28-12-10-27(11-13-28)19-5-3-2-4-17(19)23/h2-9,14H,10-13H2,1H3,(H,24,25,26). The molecule has 1 N–H and O–H groups in total. The van der Waals surface area contributed by atoms with E-state index >= 15 is 0 Å². The second-order valence-electron chi connectivity index (χ2n) is 6.75. The lowest BCUT2D eigenvalue weighted by Gasteiger charge is -2.36. The van der Waals surface area contributed by atoms with Gasteiger partial charge >= 0.3 is 0 Å². The predicted molar refractivity (Wildman–Crippen MR) is 112 cm³/mol. The van der Waals surface area contributed by atoms with Crippen LogP contribution in [0.3, 0.4) is 0 Å². The molecule has 0 radical (unpaired) electrons. The van der Waals surface area contributed by atoms with Crippen LogP contribution in [0.1, 0.15) is 5.56 Å². The maximum absolute atomic E-state index is 14.0. The fraction of sp³-hybridized carbons (Fsp3) is 0.238. The van der Waals surface area contributed by atoms with Crippen LogP contribution in [0.15, 0.2) is 54.7 Å². The summed E-state index contributed by atoms with van der Waals surface area (Å²) in [7, 11) is 0. The number of benzene rings is 2. The minimum Gasteiger partial charge on any atom is -0.366 e. The molecule has 28 heavy (non-hydrogen) atoms. The van der Waals surface area contributed by atoms with Gasteiger partial charge < -0.3 is 15.1 Å². The number of rotatable bonds is 4. The second-order valence-corrected chi connectivity index (χ2v) is 7.18. The van der Waals surface area contributed by atoms with E-state index in [0.717, 1.165) is 43.2 Å². The Bertz CT molecular complexity index is 973. The number of aryl methyl sites for hydroxylation is 1. The van der Waals surface area contributed by atoms with Gasteiger partial charge in [-0.25, -0.2) is 9.37 Å². The number of hydrogen-bond acceptors (Lipinski definition) is 5. The first-order valence-corrected chi connectivity index (χ1v) is 9.58. The predicted octanol–water partition coefficient (Wildman–Crippen LogP) is 4.65. The van der Waals surface area contributed by atoms with E-state index in [0.29, 0.717) is 16.7 Å². The van der Waals surface area contributed by atoms with Crippen molar-refractivity contribution in [2.45, 2.75) is 6.92 Å². The highest BCUT2D eigenvalue weighted by Crippen LogP contribution is 2.25. The molecule has 2 heterocycles. The molecule has 5 nitrogen and oxygen atoms in total. The van der Waals surface area contributed by atoms with Crippen LogP contribution in [-0.2, 0) is 0 Å². The highest BCUT2D eigenvalue weighted by molar-refractivity contribution is 6.30. The Balaban J connectivity index is 1.45. The van der Waals surface area contributed by atoms with Crippen molar-refractivity contribution in [2.75, 3.05) is 41.3 Å². The quantitative estimate of drug-likeness (QED) is 0.694. The molecule has 1 aliphatic heterocycles. The number of nitrogens with one attached hydrogen (secondary N) is 1. The van der Waals surface area contributed by atoms with Gasteiger partial charge in [0.15, 0.2) is 0 Å². The third kappa shape index (κ3) is 4.02. The summed E-state index contributed by atoms with van der Waals surface area (Å²) in [5.74, 6) is 1.20. The first kappa shape index (κ1) is 18.5. The fourth-order valence-corrected chi connectivity index (χ4v) is 3.49. The lowest BCUT2D eigenvalue weighted by Crippen LogP contribution is -2.47. The van der Waals surface area contributed by atoms with Gasteiger partial charge in [0.2, 0.25) is 5.95 Å². The summed E-state index contributed by atoms with van der Waals surface area (Å²) in [6, 6.07) is 14.5. The molecular formula is C21H21ClFN5. The first-order chi connectivity index (χ1) is 13.6. The van der Waals surface area contributed by atoms with Crippen LogP contribution in [0, 0.1) is 12.7 Å². The van der Waals surface area contributed by atoms with E-state index < -0.39 is 0 Å². The Morgan fingerprint density at radius 3 is 2.54 bits per heavy atom. The summed E-state index contributed by atoms with van der Waals surface area (Å²) in [5.41, 5.74) is 2.61. The van der Waals surface area contributed by atoms with Crippen molar-refractivity contribution in [3.8, 4) is 0 Å². The summed E-state index contributed by atoms with van der Waals surface area (Å²) in [6.07, 6.45) is 1.74. The third-order valence-electron chi connectivity index (χ3n) is 4.88. The maximum atomic E-state index is 14.0. The van der Waals surface area contributed by atoms with Gasteiger partial charge in [-0.2, -0.15) is 4.98 Å². The van der Waals surface area contributed by atoms with Gasteiger partial charge in [0.25, 0.3) is 0 Å². The molecule has 1 saturated heterocycles. The van der Waals surface area contributed by atoms with Crippen LogP contribution in [0.25, 0.3) is 0 Å². The van der Waals surface area contributed by atoms with Crippen LogP contribution in [0.5, 0.6) is 0 Å². The van der Waals surface area contributed by atoms with E-state index in [-0.39, 0.29) is 5.82 Å². The lowest BCUT2D eigenvalue weighted by molar-refractivity contribution is 0.596. The van der Waals surface area contributed by atoms with Crippen molar-refractivity contribution >= 4 is 34.7 Å². The molecule has 4 rings (SSSR count). The van der Waals surface area contributed by atoms with E-state index in [1.165, 1.54) is 6.07 Å². The number of halogens is 2. The van der Waals surface area contributed by atoms with Crippen molar-refractivity contribution in [1.29, 1.82) is 0 Å². The molecule has 0 unspecified atom stereocenters. The Morgan fingerprint density at radius 1 is 1.00 bits per heavy atom. The van der Waals surface area contributed by atoms with Gasteiger partial charge in [-0.05, 0) is 42.8 Å². The highest BCUT2D eigenvalue weighted by atomic mass is 35.5. The van der Waals surface area contributed by atoms with Crippen LogP contribution in [0.4, 0.5) is 27.5 Å². The SMILES string of the molecule is Cc1ccc(Cl)cc1Nc1nccc(N2CCN(c3ccccc3F)CC2)n1. The zero-order valence-corrected chi connectivity index (χ0v) is 16.3. The van der Waals surface area contributed by atoms with Crippen LogP contribution >= 0.6 is 11.6 Å². The zero-order valence-electron chi connectivity index (χ0n) is 15.6. The second kappa shape index (κ2) is 8.02. The van der Waals surface area contributed by atoms with Crippen molar-refractivity contribution in [3.63, 3.8) is 0 Å².